The molecular formula is C7H8N5O+. The summed E-state index contributed by atoms with van der Waals surface area (Å²) in [6.45, 7) is 1.79. The van der Waals surface area contributed by atoms with E-state index in [-0.39, 0.29) is 17.0 Å². The molecule has 2 aromatic heterocycles. The highest BCUT2D eigenvalue weighted by atomic mass is 16.1. The molecule has 0 aromatic carbocycles. The number of nitrogen functional groups attached to an aromatic ring is 1. The Morgan fingerprint density at radius 1 is 1.62 bits per heavy atom. The van der Waals surface area contributed by atoms with Gasteiger partial charge in [0.2, 0.25) is 5.52 Å². The van der Waals surface area contributed by atoms with Crippen molar-refractivity contribution in [1.82, 2.24) is 15.0 Å². The van der Waals surface area contributed by atoms with Crippen LogP contribution >= 0.6 is 0 Å². The van der Waals surface area contributed by atoms with Crippen molar-refractivity contribution in [2.24, 2.45) is 0 Å². The number of aromatic amines is 2. The highest BCUT2D eigenvalue weighted by molar-refractivity contribution is 5.64. The molecule has 0 fully saturated rings. The Hall–Kier alpha value is -1.98. The average Bonchev–Trinajstić information content (AvgIpc) is 2.02. The van der Waals surface area contributed by atoms with E-state index in [0.717, 1.165) is 5.69 Å². The lowest BCUT2D eigenvalue weighted by molar-refractivity contribution is -0.334. The van der Waals surface area contributed by atoms with Crippen LogP contribution in [0.5, 0.6) is 0 Å². The maximum absolute atomic E-state index is 11.3. The van der Waals surface area contributed by atoms with E-state index >= 15 is 0 Å². The van der Waals surface area contributed by atoms with Gasteiger partial charge in [0.15, 0.2) is 0 Å². The van der Waals surface area contributed by atoms with Crippen LogP contribution in [-0.4, -0.2) is 15.0 Å². The summed E-state index contributed by atoms with van der Waals surface area (Å²) in [6, 6.07) is 0. The highest BCUT2D eigenvalue weighted by Gasteiger charge is 2.08. The van der Waals surface area contributed by atoms with Gasteiger partial charge in [-0.15, -0.1) is 4.98 Å². The van der Waals surface area contributed by atoms with E-state index in [0.29, 0.717) is 5.65 Å². The normalized spacial score (nSPS) is 10.5. The zero-order valence-corrected chi connectivity index (χ0v) is 6.96. The summed E-state index contributed by atoms with van der Waals surface area (Å²) in [5.74, 6) is 0.178. The van der Waals surface area contributed by atoms with Gasteiger partial charge in [0.05, 0.1) is 6.20 Å². The molecule has 0 aliphatic carbocycles. The molecular weight excluding hydrogens is 170 g/mol. The Labute approximate surface area is 72.9 Å². The summed E-state index contributed by atoms with van der Waals surface area (Å²) in [5.41, 5.74) is 6.46. The van der Waals surface area contributed by atoms with Crippen molar-refractivity contribution in [3.8, 4) is 0 Å². The maximum Gasteiger partial charge on any atom is 0.324 e. The number of hydrogen-bond donors (Lipinski definition) is 2. The molecule has 4 N–H and O–H groups in total. The summed E-state index contributed by atoms with van der Waals surface area (Å²) in [4.78, 5) is 24.4. The third-order valence-electron chi connectivity index (χ3n) is 1.61. The van der Waals surface area contributed by atoms with Crippen LogP contribution in [0, 0.1) is 6.92 Å². The third kappa shape index (κ3) is 1.22. The first-order chi connectivity index (χ1) is 6.16. The standard InChI is InChI=1S/C7H7N5O/c1-3-2-9-4-5(10-3)11-7(8)12-6(4)13/h2H,1H3,(H3,8,10,11,12,13)/p+1. The minimum absolute atomic E-state index is 0.178. The predicted octanol–water partition coefficient (Wildman–Crippen LogP) is -0.977. The van der Waals surface area contributed by atoms with Gasteiger partial charge in [-0.05, 0) is 6.92 Å². The maximum atomic E-state index is 11.3. The average molecular weight is 178 g/mol. The fourth-order valence-electron chi connectivity index (χ4n) is 1.07. The number of nitrogens with two attached hydrogens (primary N) is 1. The minimum Gasteiger partial charge on any atom is -0.310 e. The predicted molar refractivity (Wildman–Crippen MR) is 45.9 cm³/mol. The fourth-order valence-corrected chi connectivity index (χ4v) is 1.07. The van der Waals surface area contributed by atoms with Crippen LogP contribution in [0.25, 0.3) is 11.2 Å². The number of aromatic nitrogens is 4. The largest absolute Gasteiger partial charge is 0.324 e. The van der Waals surface area contributed by atoms with Crippen molar-refractivity contribution >= 4 is 17.1 Å². The molecule has 0 spiro atoms. The Balaban J connectivity index is 2.95. The van der Waals surface area contributed by atoms with E-state index in [9.17, 15) is 4.79 Å². The smallest absolute Gasteiger partial charge is 0.310 e. The van der Waals surface area contributed by atoms with Gasteiger partial charge in [0.25, 0.3) is 5.65 Å². The Kier molecular flexibility index (Phi) is 1.48. The molecule has 0 amide bonds. The Morgan fingerprint density at radius 3 is 3.15 bits per heavy atom. The van der Waals surface area contributed by atoms with Gasteiger partial charge in [-0.1, -0.05) is 0 Å². The molecule has 2 aromatic rings. The van der Waals surface area contributed by atoms with Crippen LogP contribution in [0.15, 0.2) is 11.0 Å². The molecule has 66 valence electrons. The molecule has 0 saturated carbocycles. The molecule has 0 aliphatic rings. The summed E-state index contributed by atoms with van der Waals surface area (Å²) in [6.07, 6.45) is 1.53. The molecule has 0 unspecified atom stereocenters. The second kappa shape index (κ2) is 2.51. The summed E-state index contributed by atoms with van der Waals surface area (Å²) < 4.78 is 0. The molecule has 2 rings (SSSR count). The molecule has 0 radical (unpaired) electrons. The van der Waals surface area contributed by atoms with Crippen LogP contribution in [0.2, 0.25) is 0 Å². The van der Waals surface area contributed by atoms with Crippen molar-refractivity contribution in [2.45, 2.75) is 6.92 Å². The van der Waals surface area contributed by atoms with E-state index < -0.39 is 0 Å². The van der Waals surface area contributed by atoms with Crippen LogP contribution in [0.1, 0.15) is 5.69 Å². The SMILES string of the molecule is Cc1cnc2c(=O)[nH]c(N)[nH+]c2n1. The second-order valence-electron chi connectivity index (χ2n) is 2.70. The number of aryl methyl sites for hydroxylation is 1. The summed E-state index contributed by atoms with van der Waals surface area (Å²) >= 11 is 0. The van der Waals surface area contributed by atoms with Crippen molar-refractivity contribution < 1.29 is 4.98 Å². The van der Waals surface area contributed by atoms with E-state index in [1.807, 2.05) is 0 Å². The zero-order chi connectivity index (χ0) is 9.42. The monoisotopic (exact) mass is 178 g/mol. The quantitative estimate of drug-likeness (QED) is 0.541. The number of fused-ring (bicyclic) bond motifs is 1. The molecule has 0 atom stereocenters. The Bertz CT molecular complexity index is 513. The molecule has 2 heterocycles. The van der Waals surface area contributed by atoms with Gasteiger partial charge in [-0.3, -0.25) is 4.79 Å². The van der Waals surface area contributed by atoms with Crippen molar-refractivity contribution in [1.29, 1.82) is 0 Å². The molecule has 0 aliphatic heterocycles. The van der Waals surface area contributed by atoms with Crippen molar-refractivity contribution in [3.05, 3.63) is 22.2 Å². The van der Waals surface area contributed by atoms with Gasteiger partial charge in [-0.25, -0.2) is 15.0 Å². The van der Waals surface area contributed by atoms with Gasteiger partial charge in [-0.2, -0.15) is 0 Å². The number of H-pyrrole nitrogens is 2. The van der Waals surface area contributed by atoms with Crippen LogP contribution in [0.4, 0.5) is 5.95 Å². The number of nitrogens with one attached hydrogen (secondary N) is 2. The molecule has 0 bridgehead atoms. The number of nitrogens with zero attached hydrogens (tertiary/aromatic N) is 2. The van der Waals surface area contributed by atoms with Gasteiger partial charge >= 0.3 is 11.5 Å². The molecule has 13 heavy (non-hydrogen) atoms. The van der Waals surface area contributed by atoms with Crippen LogP contribution in [-0.2, 0) is 0 Å². The van der Waals surface area contributed by atoms with Crippen LogP contribution in [0.3, 0.4) is 0 Å². The molecule has 0 saturated heterocycles. The number of rotatable bonds is 0. The minimum atomic E-state index is -0.334. The summed E-state index contributed by atoms with van der Waals surface area (Å²) in [5, 5.41) is 0. The summed E-state index contributed by atoms with van der Waals surface area (Å²) in [7, 11) is 0. The third-order valence-corrected chi connectivity index (χ3v) is 1.61. The van der Waals surface area contributed by atoms with Crippen molar-refractivity contribution in [2.75, 3.05) is 5.73 Å². The fraction of sp³-hybridized carbons (Fsp3) is 0.143. The number of anilines is 1. The first-order valence-electron chi connectivity index (χ1n) is 3.71. The second-order valence-corrected chi connectivity index (χ2v) is 2.70. The Morgan fingerprint density at radius 2 is 2.38 bits per heavy atom. The lowest BCUT2D eigenvalue weighted by Crippen LogP contribution is -2.23. The highest BCUT2D eigenvalue weighted by Crippen LogP contribution is 1.97. The van der Waals surface area contributed by atoms with Gasteiger partial charge < -0.3 is 5.73 Å². The van der Waals surface area contributed by atoms with E-state index in [2.05, 4.69) is 19.9 Å². The van der Waals surface area contributed by atoms with Crippen molar-refractivity contribution in [3.63, 3.8) is 0 Å². The van der Waals surface area contributed by atoms with Crippen LogP contribution < -0.4 is 16.3 Å². The van der Waals surface area contributed by atoms with Gasteiger partial charge in [0.1, 0.15) is 5.69 Å². The van der Waals surface area contributed by atoms with E-state index in [1.54, 1.807) is 6.92 Å². The van der Waals surface area contributed by atoms with E-state index in [4.69, 9.17) is 5.73 Å². The first-order valence-corrected chi connectivity index (χ1v) is 3.71. The topological polar surface area (TPSA) is 98.8 Å². The zero-order valence-electron chi connectivity index (χ0n) is 6.96. The van der Waals surface area contributed by atoms with E-state index in [1.165, 1.54) is 6.20 Å². The lowest BCUT2D eigenvalue weighted by atomic mass is 10.4. The van der Waals surface area contributed by atoms with Gasteiger partial charge in [0, 0.05) is 0 Å². The first kappa shape index (κ1) is 7.66. The number of hydrogen-bond acceptors (Lipinski definition) is 4. The molecule has 6 nitrogen and oxygen atoms in total. The lowest BCUT2D eigenvalue weighted by Gasteiger charge is -1.92. The molecule has 6 heteroatoms.